The number of halogens is 2. The minimum absolute atomic E-state index is 0.176. The average molecular weight is 403 g/mol. The van der Waals surface area contributed by atoms with Crippen LogP contribution >= 0.6 is 0 Å². The van der Waals surface area contributed by atoms with E-state index < -0.39 is 5.82 Å². The number of hydrogen-bond acceptors (Lipinski definition) is 4. The van der Waals surface area contributed by atoms with Gasteiger partial charge in [-0.05, 0) is 64.3 Å². The predicted octanol–water partition coefficient (Wildman–Crippen LogP) is 4.12. The van der Waals surface area contributed by atoms with Gasteiger partial charge in [-0.15, -0.1) is 0 Å². The molecule has 5 nitrogen and oxygen atoms in total. The Bertz CT molecular complexity index is 894. The van der Waals surface area contributed by atoms with Crippen LogP contribution in [0.5, 0.6) is 0 Å². The number of aromatic nitrogens is 1. The molecule has 7 heteroatoms. The quantitative estimate of drug-likeness (QED) is 0.771. The van der Waals surface area contributed by atoms with E-state index in [4.69, 9.17) is 4.52 Å². The molecule has 0 saturated carbocycles. The van der Waals surface area contributed by atoms with Gasteiger partial charge in [-0.1, -0.05) is 5.16 Å². The highest BCUT2D eigenvalue weighted by atomic mass is 19.1. The monoisotopic (exact) mass is 403 g/mol. The van der Waals surface area contributed by atoms with Gasteiger partial charge in [0.15, 0.2) is 0 Å². The molecule has 0 N–H and O–H groups in total. The van der Waals surface area contributed by atoms with Gasteiger partial charge in [0.05, 0.1) is 12.2 Å². The van der Waals surface area contributed by atoms with Gasteiger partial charge in [0.25, 0.3) is 0 Å². The van der Waals surface area contributed by atoms with Crippen LogP contribution in [0.2, 0.25) is 0 Å². The van der Waals surface area contributed by atoms with Crippen molar-refractivity contribution in [2.75, 3.05) is 13.1 Å². The van der Waals surface area contributed by atoms with E-state index in [9.17, 15) is 13.6 Å². The maximum atomic E-state index is 14.1. The van der Waals surface area contributed by atoms with Crippen molar-refractivity contribution < 1.29 is 18.1 Å². The maximum absolute atomic E-state index is 14.1. The van der Waals surface area contributed by atoms with Gasteiger partial charge in [0.1, 0.15) is 17.4 Å². The van der Waals surface area contributed by atoms with Crippen LogP contribution < -0.4 is 0 Å². The van der Waals surface area contributed by atoms with Crippen LogP contribution in [0.4, 0.5) is 8.78 Å². The van der Waals surface area contributed by atoms with E-state index in [-0.39, 0.29) is 17.3 Å². The normalized spacial score (nSPS) is 23.2. The molecule has 1 amide bonds. The first-order valence-corrected chi connectivity index (χ1v) is 10.3. The van der Waals surface area contributed by atoms with Gasteiger partial charge in [-0.2, -0.15) is 0 Å². The Hall–Kier alpha value is -2.28. The number of carbonyl (C=O) groups excluding carboxylic acids is 1. The molecule has 3 heterocycles. The lowest BCUT2D eigenvalue weighted by molar-refractivity contribution is -0.132. The molecule has 2 aliphatic rings. The van der Waals surface area contributed by atoms with Gasteiger partial charge < -0.3 is 9.42 Å². The SMILES string of the molecule is Cc1noc(C)c1CN1C(=O)CCC12CCCN(Cc1cc(F)ccc1F)CC2. The fourth-order valence-corrected chi connectivity index (χ4v) is 4.83. The highest BCUT2D eigenvalue weighted by molar-refractivity contribution is 5.79. The third-order valence-corrected chi connectivity index (χ3v) is 6.59. The van der Waals surface area contributed by atoms with Crippen molar-refractivity contribution in [3.8, 4) is 0 Å². The molecule has 1 spiro atoms. The summed E-state index contributed by atoms with van der Waals surface area (Å²) in [4.78, 5) is 16.9. The lowest BCUT2D eigenvalue weighted by atomic mass is 9.87. The van der Waals surface area contributed by atoms with Crippen LogP contribution in [0.15, 0.2) is 22.7 Å². The second-order valence-electron chi connectivity index (χ2n) is 8.37. The summed E-state index contributed by atoms with van der Waals surface area (Å²) in [6.45, 7) is 6.26. The lowest BCUT2D eigenvalue weighted by Gasteiger charge is -2.38. The molecule has 1 aromatic carbocycles. The standard InChI is InChI=1S/C22H27F2N3O2/c1-15-19(16(2)29-25-15)14-27-21(28)6-8-22(27)7-3-10-26(11-9-22)13-17-12-18(23)4-5-20(17)24/h4-5,12H,3,6-11,13-14H2,1-2H3. The number of hydrogen-bond donors (Lipinski definition) is 0. The van der Waals surface area contributed by atoms with Crippen LogP contribution in [-0.4, -0.2) is 39.5 Å². The fraction of sp³-hybridized carbons (Fsp3) is 0.545. The van der Waals surface area contributed by atoms with Gasteiger partial charge in [0, 0.05) is 36.2 Å². The van der Waals surface area contributed by atoms with E-state index in [1.807, 2.05) is 18.7 Å². The Kier molecular flexibility index (Phi) is 5.42. The van der Waals surface area contributed by atoms with Crippen LogP contribution in [0.25, 0.3) is 0 Å². The van der Waals surface area contributed by atoms with Crippen molar-refractivity contribution in [3.05, 3.63) is 52.4 Å². The minimum atomic E-state index is -0.417. The summed E-state index contributed by atoms with van der Waals surface area (Å²) in [7, 11) is 0. The zero-order valence-corrected chi connectivity index (χ0v) is 17.0. The molecule has 2 aliphatic heterocycles. The van der Waals surface area contributed by atoms with E-state index in [1.165, 1.54) is 12.1 Å². The second-order valence-corrected chi connectivity index (χ2v) is 8.37. The summed E-state index contributed by atoms with van der Waals surface area (Å²) in [5, 5.41) is 4.02. The molecule has 29 heavy (non-hydrogen) atoms. The Morgan fingerprint density at radius 3 is 2.72 bits per heavy atom. The van der Waals surface area contributed by atoms with Crippen molar-refractivity contribution in [2.24, 2.45) is 0 Å². The first kappa shape index (κ1) is 20.0. The average Bonchev–Trinajstić information content (AvgIpc) is 3.07. The molecule has 2 aromatic rings. The molecule has 0 aliphatic carbocycles. The molecule has 2 saturated heterocycles. The zero-order chi connectivity index (χ0) is 20.6. The fourth-order valence-electron chi connectivity index (χ4n) is 4.83. The molecule has 1 atom stereocenters. The van der Waals surface area contributed by atoms with Crippen molar-refractivity contribution in [1.82, 2.24) is 15.0 Å². The van der Waals surface area contributed by atoms with Crippen molar-refractivity contribution in [3.63, 3.8) is 0 Å². The van der Waals surface area contributed by atoms with Gasteiger partial charge >= 0.3 is 0 Å². The van der Waals surface area contributed by atoms with E-state index in [1.54, 1.807) is 0 Å². The van der Waals surface area contributed by atoms with E-state index in [0.717, 1.165) is 61.9 Å². The maximum Gasteiger partial charge on any atom is 0.223 e. The van der Waals surface area contributed by atoms with Crippen LogP contribution in [0.1, 0.15) is 54.7 Å². The molecule has 0 bridgehead atoms. The Morgan fingerprint density at radius 1 is 1.14 bits per heavy atom. The topological polar surface area (TPSA) is 49.6 Å². The molecule has 1 aromatic heterocycles. The molecular formula is C22H27F2N3O2. The van der Waals surface area contributed by atoms with E-state index >= 15 is 0 Å². The summed E-state index contributed by atoms with van der Waals surface area (Å²) < 4.78 is 32.9. The summed E-state index contributed by atoms with van der Waals surface area (Å²) >= 11 is 0. The van der Waals surface area contributed by atoms with Gasteiger partial charge in [-0.25, -0.2) is 8.78 Å². The van der Waals surface area contributed by atoms with Crippen molar-refractivity contribution in [1.29, 1.82) is 0 Å². The number of benzene rings is 1. The highest BCUT2D eigenvalue weighted by Gasteiger charge is 2.46. The summed E-state index contributed by atoms with van der Waals surface area (Å²) in [5.74, 6) is 0.143. The Morgan fingerprint density at radius 2 is 1.97 bits per heavy atom. The van der Waals surface area contributed by atoms with E-state index in [0.29, 0.717) is 25.1 Å². The molecular weight excluding hydrogens is 376 g/mol. The van der Waals surface area contributed by atoms with Gasteiger partial charge in [-0.3, -0.25) is 9.69 Å². The third-order valence-electron chi connectivity index (χ3n) is 6.59. The largest absolute Gasteiger partial charge is 0.361 e. The zero-order valence-electron chi connectivity index (χ0n) is 17.0. The molecule has 0 radical (unpaired) electrons. The second kappa shape index (κ2) is 7.86. The van der Waals surface area contributed by atoms with Gasteiger partial charge in [0.2, 0.25) is 5.91 Å². The Labute approximate surface area is 169 Å². The first-order chi connectivity index (χ1) is 13.9. The van der Waals surface area contributed by atoms with E-state index in [2.05, 4.69) is 10.1 Å². The molecule has 1 unspecified atom stereocenters. The number of aryl methyl sites for hydroxylation is 2. The number of rotatable bonds is 4. The van der Waals surface area contributed by atoms with Crippen molar-refractivity contribution >= 4 is 5.91 Å². The number of carbonyl (C=O) groups is 1. The number of amides is 1. The summed E-state index contributed by atoms with van der Waals surface area (Å²) in [5.41, 5.74) is 2.02. The van der Waals surface area contributed by atoms with Crippen LogP contribution in [-0.2, 0) is 17.9 Å². The highest BCUT2D eigenvalue weighted by Crippen LogP contribution is 2.40. The summed E-state index contributed by atoms with van der Waals surface area (Å²) in [6.07, 6.45) is 4.07. The number of likely N-dealkylation sites (tertiary alicyclic amines) is 2. The first-order valence-electron chi connectivity index (χ1n) is 10.3. The van der Waals surface area contributed by atoms with Crippen LogP contribution in [0, 0.1) is 25.5 Å². The summed E-state index contributed by atoms with van der Waals surface area (Å²) in [6, 6.07) is 3.61. The predicted molar refractivity (Wildman–Crippen MR) is 104 cm³/mol. The molecule has 2 fully saturated rings. The smallest absolute Gasteiger partial charge is 0.223 e. The van der Waals surface area contributed by atoms with Crippen LogP contribution in [0.3, 0.4) is 0 Å². The van der Waals surface area contributed by atoms with Crippen molar-refractivity contribution in [2.45, 2.75) is 64.6 Å². The minimum Gasteiger partial charge on any atom is -0.361 e. The molecule has 156 valence electrons. The number of nitrogens with zero attached hydrogens (tertiary/aromatic N) is 3. The third kappa shape index (κ3) is 3.92. The lowest BCUT2D eigenvalue weighted by Crippen LogP contribution is -2.46. The molecule has 4 rings (SSSR count). The Balaban J connectivity index is 1.49.